The number of nitrogens with zero attached hydrogens (tertiary/aromatic N) is 1. The second-order valence-corrected chi connectivity index (χ2v) is 4.10. The topological polar surface area (TPSA) is 50.5 Å². The SMILES string of the molecule is CC1=CC(=O)N(Cc2coc(Br)c2)C1=O. The van der Waals surface area contributed by atoms with Crippen LogP contribution in [0.15, 0.2) is 33.1 Å². The molecule has 0 spiro atoms. The van der Waals surface area contributed by atoms with E-state index in [0.29, 0.717) is 10.2 Å². The van der Waals surface area contributed by atoms with E-state index in [1.54, 1.807) is 13.0 Å². The average molecular weight is 270 g/mol. The van der Waals surface area contributed by atoms with Crippen LogP contribution in [0.4, 0.5) is 0 Å². The van der Waals surface area contributed by atoms with Crippen molar-refractivity contribution in [1.29, 1.82) is 0 Å². The highest BCUT2D eigenvalue weighted by Gasteiger charge is 2.28. The molecule has 0 fully saturated rings. The van der Waals surface area contributed by atoms with Gasteiger partial charge in [-0.05, 0) is 28.9 Å². The molecule has 1 aromatic rings. The highest BCUT2D eigenvalue weighted by molar-refractivity contribution is 9.10. The smallest absolute Gasteiger partial charge is 0.256 e. The van der Waals surface area contributed by atoms with E-state index in [9.17, 15) is 9.59 Å². The molecular formula is C10H8BrNO3. The van der Waals surface area contributed by atoms with Gasteiger partial charge in [-0.3, -0.25) is 14.5 Å². The van der Waals surface area contributed by atoms with Crippen molar-refractivity contribution in [3.8, 4) is 0 Å². The fourth-order valence-electron chi connectivity index (χ4n) is 1.40. The van der Waals surface area contributed by atoms with Crippen molar-refractivity contribution in [3.05, 3.63) is 34.2 Å². The van der Waals surface area contributed by atoms with Crippen LogP contribution < -0.4 is 0 Å². The first-order valence-electron chi connectivity index (χ1n) is 4.35. The molecule has 15 heavy (non-hydrogen) atoms. The van der Waals surface area contributed by atoms with Crippen LogP contribution in [0.5, 0.6) is 0 Å². The Labute approximate surface area is 94.7 Å². The fraction of sp³-hybridized carbons (Fsp3) is 0.200. The summed E-state index contributed by atoms with van der Waals surface area (Å²) in [6.45, 7) is 1.88. The van der Waals surface area contributed by atoms with E-state index in [4.69, 9.17) is 4.42 Å². The van der Waals surface area contributed by atoms with Gasteiger partial charge in [0.25, 0.3) is 11.8 Å². The Kier molecular flexibility index (Phi) is 2.48. The van der Waals surface area contributed by atoms with E-state index < -0.39 is 0 Å². The Hall–Kier alpha value is -1.36. The number of imide groups is 1. The minimum Gasteiger partial charge on any atom is -0.457 e. The Morgan fingerprint density at radius 2 is 2.20 bits per heavy atom. The molecule has 0 atom stereocenters. The number of furan rings is 1. The zero-order chi connectivity index (χ0) is 11.0. The molecule has 0 N–H and O–H groups in total. The maximum atomic E-state index is 11.5. The molecule has 0 aliphatic carbocycles. The maximum absolute atomic E-state index is 11.5. The van der Waals surface area contributed by atoms with Crippen LogP contribution in [0, 0.1) is 0 Å². The number of amides is 2. The number of hydrogen-bond acceptors (Lipinski definition) is 3. The molecule has 1 aromatic heterocycles. The summed E-state index contributed by atoms with van der Waals surface area (Å²) in [6.07, 6.45) is 2.86. The number of halogens is 1. The third-order valence-corrected chi connectivity index (χ3v) is 2.57. The van der Waals surface area contributed by atoms with Gasteiger partial charge in [0.2, 0.25) is 0 Å². The van der Waals surface area contributed by atoms with Gasteiger partial charge in [-0.2, -0.15) is 0 Å². The van der Waals surface area contributed by atoms with Gasteiger partial charge in [0, 0.05) is 17.2 Å². The van der Waals surface area contributed by atoms with Gasteiger partial charge in [-0.1, -0.05) is 0 Å². The lowest BCUT2D eigenvalue weighted by atomic mass is 10.3. The van der Waals surface area contributed by atoms with Crippen LogP contribution in [-0.2, 0) is 16.1 Å². The molecule has 0 saturated heterocycles. The first-order chi connectivity index (χ1) is 7.08. The average Bonchev–Trinajstić information content (AvgIpc) is 2.67. The molecule has 0 saturated carbocycles. The number of rotatable bonds is 2. The molecule has 1 aliphatic rings. The van der Waals surface area contributed by atoms with Crippen molar-refractivity contribution >= 4 is 27.7 Å². The van der Waals surface area contributed by atoms with E-state index >= 15 is 0 Å². The molecule has 0 unspecified atom stereocenters. The maximum Gasteiger partial charge on any atom is 0.256 e. The van der Waals surface area contributed by atoms with Gasteiger partial charge in [0.15, 0.2) is 4.67 Å². The second-order valence-electron chi connectivity index (χ2n) is 3.32. The molecule has 4 nitrogen and oxygen atoms in total. The van der Waals surface area contributed by atoms with E-state index in [0.717, 1.165) is 5.56 Å². The third-order valence-electron chi connectivity index (χ3n) is 2.15. The normalized spacial score (nSPS) is 16.1. The van der Waals surface area contributed by atoms with Gasteiger partial charge in [-0.25, -0.2) is 0 Å². The first kappa shape index (κ1) is 10.2. The summed E-state index contributed by atoms with van der Waals surface area (Å²) in [5.74, 6) is -0.507. The number of carbonyl (C=O) groups excluding carboxylic acids is 2. The summed E-state index contributed by atoms with van der Waals surface area (Å²) < 4.78 is 5.61. The zero-order valence-electron chi connectivity index (χ0n) is 7.99. The molecule has 0 aromatic carbocycles. The minimum absolute atomic E-state index is 0.239. The Morgan fingerprint density at radius 1 is 1.47 bits per heavy atom. The summed E-state index contributed by atoms with van der Waals surface area (Å²) in [7, 11) is 0. The van der Waals surface area contributed by atoms with Crippen LogP contribution in [0.2, 0.25) is 0 Å². The molecule has 1 aliphatic heterocycles. The highest BCUT2D eigenvalue weighted by atomic mass is 79.9. The quantitative estimate of drug-likeness (QED) is 0.771. The van der Waals surface area contributed by atoms with Crippen LogP contribution in [0.3, 0.4) is 0 Å². The van der Waals surface area contributed by atoms with E-state index in [-0.39, 0.29) is 18.4 Å². The molecule has 78 valence electrons. The van der Waals surface area contributed by atoms with Crippen molar-refractivity contribution in [3.63, 3.8) is 0 Å². The molecule has 2 heterocycles. The van der Waals surface area contributed by atoms with Crippen molar-refractivity contribution in [1.82, 2.24) is 4.90 Å². The van der Waals surface area contributed by atoms with Crippen molar-refractivity contribution in [2.45, 2.75) is 13.5 Å². The summed E-state index contributed by atoms with van der Waals surface area (Å²) in [5.41, 5.74) is 1.26. The molecule has 0 radical (unpaired) electrons. The number of carbonyl (C=O) groups is 2. The van der Waals surface area contributed by atoms with Crippen molar-refractivity contribution < 1.29 is 14.0 Å². The molecule has 2 rings (SSSR count). The zero-order valence-corrected chi connectivity index (χ0v) is 9.58. The molecule has 2 amide bonds. The minimum atomic E-state index is -0.269. The lowest BCUT2D eigenvalue weighted by molar-refractivity contribution is -0.137. The van der Waals surface area contributed by atoms with Gasteiger partial charge in [0.1, 0.15) is 0 Å². The van der Waals surface area contributed by atoms with Crippen LogP contribution >= 0.6 is 15.9 Å². The Bertz CT molecular complexity index is 461. The standard InChI is InChI=1S/C10H8BrNO3/c1-6-2-9(13)12(10(6)14)4-7-3-8(11)15-5-7/h2-3,5H,4H2,1H3. The predicted molar refractivity (Wildman–Crippen MR) is 55.7 cm³/mol. The third kappa shape index (κ3) is 1.87. The van der Waals surface area contributed by atoms with Crippen LogP contribution in [0.1, 0.15) is 12.5 Å². The van der Waals surface area contributed by atoms with Crippen molar-refractivity contribution in [2.75, 3.05) is 0 Å². The number of hydrogen-bond donors (Lipinski definition) is 0. The van der Waals surface area contributed by atoms with E-state index in [1.165, 1.54) is 17.2 Å². The monoisotopic (exact) mass is 269 g/mol. The van der Waals surface area contributed by atoms with Gasteiger partial charge in [-0.15, -0.1) is 0 Å². The van der Waals surface area contributed by atoms with E-state index in [1.807, 2.05) is 0 Å². The fourth-order valence-corrected chi connectivity index (χ4v) is 1.79. The van der Waals surface area contributed by atoms with Crippen molar-refractivity contribution in [2.24, 2.45) is 0 Å². The lowest BCUT2D eigenvalue weighted by Gasteiger charge is -2.12. The van der Waals surface area contributed by atoms with Gasteiger partial charge >= 0.3 is 0 Å². The summed E-state index contributed by atoms with van der Waals surface area (Å²) in [5, 5.41) is 0. The Balaban J connectivity index is 2.15. The molecular weight excluding hydrogens is 262 g/mol. The van der Waals surface area contributed by atoms with Gasteiger partial charge in [0.05, 0.1) is 12.8 Å². The largest absolute Gasteiger partial charge is 0.457 e. The second kappa shape index (κ2) is 3.66. The highest BCUT2D eigenvalue weighted by Crippen LogP contribution is 2.19. The predicted octanol–water partition coefficient (Wildman–Crippen LogP) is 1.86. The Morgan fingerprint density at radius 3 is 2.67 bits per heavy atom. The molecule has 0 bridgehead atoms. The first-order valence-corrected chi connectivity index (χ1v) is 5.14. The van der Waals surface area contributed by atoms with E-state index in [2.05, 4.69) is 15.9 Å². The summed E-state index contributed by atoms with van der Waals surface area (Å²) in [6, 6.07) is 1.73. The van der Waals surface area contributed by atoms with Crippen LogP contribution in [-0.4, -0.2) is 16.7 Å². The summed E-state index contributed by atoms with van der Waals surface area (Å²) >= 11 is 3.16. The summed E-state index contributed by atoms with van der Waals surface area (Å²) in [4.78, 5) is 24.1. The lowest BCUT2D eigenvalue weighted by Crippen LogP contribution is -2.29. The molecule has 5 heteroatoms. The van der Waals surface area contributed by atoms with Crippen LogP contribution in [0.25, 0.3) is 0 Å². The van der Waals surface area contributed by atoms with Gasteiger partial charge < -0.3 is 4.42 Å².